The van der Waals surface area contributed by atoms with Gasteiger partial charge in [-0.25, -0.2) is 4.98 Å². The van der Waals surface area contributed by atoms with Gasteiger partial charge in [0.05, 0.1) is 24.3 Å². The number of hydrogen-bond acceptors (Lipinski definition) is 8. The van der Waals surface area contributed by atoms with E-state index in [1.54, 1.807) is 25.5 Å². The van der Waals surface area contributed by atoms with Gasteiger partial charge in [0.1, 0.15) is 5.82 Å². The molecule has 3 aromatic rings. The van der Waals surface area contributed by atoms with Gasteiger partial charge >= 0.3 is 0 Å². The number of pyridine rings is 1. The predicted molar refractivity (Wildman–Crippen MR) is 178 cm³/mol. The molecule has 1 aliphatic carbocycles. The van der Waals surface area contributed by atoms with Gasteiger partial charge in [-0.05, 0) is 61.6 Å². The van der Waals surface area contributed by atoms with Crippen molar-refractivity contribution in [3.05, 3.63) is 89.2 Å². The number of carbonyl (C=O) groups excluding carboxylic acids is 1. The van der Waals surface area contributed by atoms with Crippen LogP contribution in [-0.2, 0) is 11.3 Å². The van der Waals surface area contributed by atoms with E-state index in [1.165, 1.54) is 22.9 Å². The summed E-state index contributed by atoms with van der Waals surface area (Å²) in [5.74, 6) is -0.116. The summed E-state index contributed by atoms with van der Waals surface area (Å²) in [6, 6.07) is 19.5. The van der Waals surface area contributed by atoms with Crippen molar-refractivity contribution in [2.75, 3.05) is 46.0 Å². The molecule has 1 aromatic heterocycles. The zero-order chi connectivity index (χ0) is 31.1. The van der Waals surface area contributed by atoms with Gasteiger partial charge in [-0.15, -0.1) is 0 Å². The summed E-state index contributed by atoms with van der Waals surface area (Å²) in [6.07, 6.45) is 7.10. The number of piperazine rings is 1. The molecular formula is C35H45N7O2. The first-order chi connectivity index (χ1) is 21.4. The average molecular weight is 596 g/mol. The predicted octanol–water partition coefficient (Wildman–Crippen LogP) is 4.72. The topological polar surface area (TPSA) is 120 Å². The van der Waals surface area contributed by atoms with Crippen LogP contribution >= 0.6 is 0 Å². The number of nitrogens with two attached hydrogens (primary N) is 1. The number of nitrogens with zero attached hydrogens (tertiary/aromatic N) is 3. The second kappa shape index (κ2) is 14.6. The van der Waals surface area contributed by atoms with Crippen LogP contribution in [0.15, 0.2) is 67.0 Å². The average Bonchev–Trinajstić information content (AvgIpc) is 3.50. The number of allylic oxidation sites excluding steroid dienone is 1. The standard InChI is InChI=1S/C35H45N7O2/c1-24(42-17-15-41(3)16-18-42)26-11-13-28(14-12-26)27-9-7-25(8-10-27)23-44-33-6-4-5-32(33)40-35(43)31-19-29(22-39-34(31)37)30(20-36)21-38-2/h7-14,19-22,24,32-33,36,38H,4-6,15-18,23H2,1-3H3,(H2,37,39)(H,40,43)/b30-21+,36-20?/t24?,32-,33-/m0/s1. The maximum absolute atomic E-state index is 13.2. The van der Waals surface area contributed by atoms with Crippen LogP contribution < -0.4 is 16.4 Å². The van der Waals surface area contributed by atoms with Gasteiger partial charge in [0, 0.05) is 69.0 Å². The highest BCUT2D eigenvalue weighted by Gasteiger charge is 2.30. The molecule has 1 aliphatic heterocycles. The molecule has 44 heavy (non-hydrogen) atoms. The number of carbonyl (C=O) groups is 1. The lowest BCUT2D eigenvalue weighted by Crippen LogP contribution is -2.45. The molecule has 1 amide bonds. The van der Waals surface area contributed by atoms with E-state index >= 15 is 0 Å². The third-order valence-corrected chi connectivity index (χ3v) is 8.95. The lowest BCUT2D eigenvalue weighted by atomic mass is 9.99. The van der Waals surface area contributed by atoms with Crippen molar-refractivity contribution >= 4 is 23.5 Å². The highest BCUT2D eigenvalue weighted by molar-refractivity contribution is 6.09. The molecule has 5 N–H and O–H groups in total. The fourth-order valence-electron chi connectivity index (χ4n) is 6.09. The quantitative estimate of drug-likeness (QED) is 0.237. The van der Waals surface area contributed by atoms with E-state index in [-0.39, 0.29) is 23.9 Å². The van der Waals surface area contributed by atoms with Gasteiger partial charge in [0.15, 0.2) is 0 Å². The number of nitrogens with one attached hydrogen (secondary N) is 3. The van der Waals surface area contributed by atoms with Gasteiger partial charge in [-0.1, -0.05) is 48.5 Å². The minimum absolute atomic E-state index is 0.0767. The van der Waals surface area contributed by atoms with Crippen molar-refractivity contribution in [3.63, 3.8) is 0 Å². The molecule has 2 fully saturated rings. The largest absolute Gasteiger partial charge is 0.393 e. The van der Waals surface area contributed by atoms with E-state index < -0.39 is 0 Å². The third kappa shape index (κ3) is 7.53. The molecule has 9 nitrogen and oxygen atoms in total. The summed E-state index contributed by atoms with van der Waals surface area (Å²) in [5.41, 5.74) is 12.5. The number of nitrogen functional groups attached to an aromatic ring is 1. The van der Waals surface area contributed by atoms with E-state index in [1.807, 2.05) is 0 Å². The first kappa shape index (κ1) is 31.4. The monoisotopic (exact) mass is 595 g/mol. The van der Waals surface area contributed by atoms with E-state index in [0.29, 0.717) is 29.3 Å². The molecule has 0 radical (unpaired) electrons. The molecule has 2 aliphatic rings. The normalized spacial score (nSPS) is 20.3. The fraction of sp³-hybridized carbons (Fsp3) is 0.400. The van der Waals surface area contributed by atoms with Crippen LogP contribution in [0.4, 0.5) is 5.82 Å². The number of ether oxygens (including phenoxy) is 1. The molecule has 2 aromatic carbocycles. The number of likely N-dealkylation sites (N-methyl/N-ethyl adjacent to an activating group) is 1. The lowest BCUT2D eigenvalue weighted by Gasteiger charge is -2.36. The molecule has 3 atom stereocenters. The van der Waals surface area contributed by atoms with Crippen LogP contribution in [0.3, 0.4) is 0 Å². The summed E-state index contributed by atoms with van der Waals surface area (Å²) >= 11 is 0. The van der Waals surface area contributed by atoms with Crippen molar-refractivity contribution < 1.29 is 9.53 Å². The molecule has 9 heteroatoms. The zero-order valence-corrected chi connectivity index (χ0v) is 26.1. The number of rotatable bonds is 11. The lowest BCUT2D eigenvalue weighted by molar-refractivity contribution is 0.0272. The summed E-state index contributed by atoms with van der Waals surface area (Å²) in [5, 5.41) is 13.7. The second-order valence-electron chi connectivity index (χ2n) is 11.9. The summed E-state index contributed by atoms with van der Waals surface area (Å²) in [7, 11) is 3.95. The van der Waals surface area contributed by atoms with Gasteiger partial charge in [-0.3, -0.25) is 9.69 Å². The highest BCUT2D eigenvalue weighted by Crippen LogP contribution is 2.28. The molecule has 5 rings (SSSR count). The Balaban J connectivity index is 1.15. The minimum Gasteiger partial charge on any atom is -0.393 e. The SMILES string of the molecule is CN/C=C(\C=N)c1cnc(N)c(C(=O)N[C@H]2CCC[C@@H]2OCc2ccc(-c3ccc(C(C)N4CCN(C)CC4)cc3)cc2)c1. The Hall–Kier alpha value is -4.05. The molecule has 1 unspecified atom stereocenters. The summed E-state index contributed by atoms with van der Waals surface area (Å²) in [4.78, 5) is 22.3. The molecule has 232 valence electrons. The Labute approximate surface area is 261 Å². The maximum atomic E-state index is 13.2. The third-order valence-electron chi connectivity index (χ3n) is 8.95. The maximum Gasteiger partial charge on any atom is 0.255 e. The number of amides is 1. The Kier molecular flexibility index (Phi) is 10.4. The number of anilines is 1. The van der Waals surface area contributed by atoms with Crippen molar-refractivity contribution in [1.29, 1.82) is 5.41 Å². The van der Waals surface area contributed by atoms with Crippen molar-refractivity contribution in [2.45, 2.75) is 51.0 Å². The van der Waals surface area contributed by atoms with Crippen LogP contribution in [-0.4, -0.2) is 79.3 Å². The van der Waals surface area contributed by atoms with E-state index in [2.05, 4.69) is 87.9 Å². The number of aromatic nitrogens is 1. The second-order valence-corrected chi connectivity index (χ2v) is 11.9. The fourth-order valence-corrected chi connectivity index (χ4v) is 6.09. The Bertz CT molecular complexity index is 1450. The van der Waals surface area contributed by atoms with Gasteiger partial charge in [-0.2, -0.15) is 0 Å². The van der Waals surface area contributed by atoms with E-state index in [0.717, 1.165) is 51.0 Å². The van der Waals surface area contributed by atoms with Crippen LogP contribution in [0.1, 0.15) is 59.3 Å². The molecule has 0 spiro atoms. The minimum atomic E-state index is -0.278. The molecule has 1 saturated heterocycles. The Morgan fingerprint density at radius 1 is 1.09 bits per heavy atom. The van der Waals surface area contributed by atoms with Crippen molar-refractivity contribution in [2.24, 2.45) is 0 Å². The molecule has 2 heterocycles. The highest BCUT2D eigenvalue weighted by atomic mass is 16.5. The van der Waals surface area contributed by atoms with Crippen LogP contribution in [0.25, 0.3) is 16.7 Å². The van der Waals surface area contributed by atoms with Gasteiger partial charge in [0.2, 0.25) is 0 Å². The van der Waals surface area contributed by atoms with Crippen LogP contribution in [0, 0.1) is 5.41 Å². The van der Waals surface area contributed by atoms with Crippen LogP contribution in [0.2, 0.25) is 0 Å². The van der Waals surface area contributed by atoms with Crippen LogP contribution in [0.5, 0.6) is 0 Å². The van der Waals surface area contributed by atoms with Gasteiger partial charge < -0.3 is 31.4 Å². The van der Waals surface area contributed by atoms with Crippen molar-refractivity contribution in [3.8, 4) is 11.1 Å². The molecule has 1 saturated carbocycles. The van der Waals surface area contributed by atoms with Gasteiger partial charge in [0.25, 0.3) is 5.91 Å². The molecule has 0 bridgehead atoms. The first-order valence-corrected chi connectivity index (χ1v) is 15.5. The Morgan fingerprint density at radius 2 is 1.77 bits per heavy atom. The first-order valence-electron chi connectivity index (χ1n) is 15.5. The smallest absolute Gasteiger partial charge is 0.255 e. The zero-order valence-electron chi connectivity index (χ0n) is 26.1. The number of benzene rings is 2. The van der Waals surface area contributed by atoms with Crippen molar-refractivity contribution in [1.82, 2.24) is 25.4 Å². The van der Waals surface area contributed by atoms with E-state index in [9.17, 15) is 4.79 Å². The Morgan fingerprint density at radius 3 is 2.43 bits per heavy atom. The number of hydrogen-bond donors (Lipinski definition) is 4. The summed E-state index contributed by atoms with van der Waals surface area (Å²) in [6.45, 7) is 7.25. The molecular weight excluding hydrogens is 550 g/mol. The summed E-state index contributed by atoms with van der Waals surface area (Å²) < 4.78 is 6.32. The van der Waals surface area contributed by atoms with E-state index in [4.69, 9.17) is 15.9 Å².